The van der Waals surface area contributed by atoms with Crippen LogP contribution in [0.4, 0.5) is 18.9 Å². The van der Waals surface area contributed by atoms with Crippen molar-refractivity contribution in [2.75, 3.05) is 10.8 Å². The molecule has 0 aliphatic heterocycles. The molecule has 42 heavy (non-hydrogen) atoms. The number of carbonyl (C=O) groups is 2. The lowest BCUT2D eigenvalue weighted by atomic mass is 10.1. The molecule has 0 heterocycles. The van der Waals surface area contributed by atoms with Gasteiger partial charge in [-0.1, -0.05) is 60.8 Å². The molecule has 0 spiro atoms. The summed E-state index contributed by atoms with van der Waals surface area (Å²) >= 11 is 6.01. The number of alkyl halides is 3. The third-order valence-electron chi connectivity index (χ3n) is 7.21. The predicted octanol–water partition coefficient (Wildman–Crippen LogP) is 6.03. The first-order valence-corrected chi connectivity index (χ1v) is 15.3. The van der Waals surface area contributed by atoms with Crippen LogP contribution in [0.1, 0.15) is 43.7 Å². The van der Waals surface area contributed by atoms with Gasteiger partial charge in [-0.3, -0.25) is 13.9 Å². The minimum atomic E-state index is -4.74. The van der Waals surface area contributed by atoms with E-state index in [1.54, 1.807) is 37.3 Å². The minimum absolute atomic E-state index is 0.0208. The van der Waals surface area contributed by atoms with Gasteiger partial charge in [0.25, 0.3) is 10.0 Å². The molecule has 224 valence electrons. The number of hydrogen-bond donors (Lipinski definition) is 1. The van der Waals surface area contributed by atoms with E-state index < -0.39 is 46.2 Å². The van der Waals surface area contributed by atoms with Gasteiger partial charge < -0.3 is 10.2 Å². The maximum absolute atomic E-state index is 13.9. The predicted molar refractivity (Wildman–Crippen MR) is 154 cm³/mol. The summed E-state index contributed by atoms with van der Waals surface area (Å²) in [6, 6.07) is 16.5. The third kappa shape index (κ3) is 7.63. The lowest BCUT2D eigenvalue weighted by Gasteiger charge is -2.32. The van der Waals surface area contributed by atoms with E-state index >= 15 is 0 Å². The van der Waals surface area contributed by atoms with Crippen molar-refractivity contribution >= 4 is 39.1 Å². The van der Waals surface area contributed by atoms with Crippen LogP contribution in [-0.4, -0.2) is 43.8 Å². The van der Waals surface area contributed by atoms with Crippen LogP contribution in [0.3, 0.4) is 0 Å². The molecule has 1 saturated carbocycles. The molecular weight excluding hydrogens is 591 g/mol. The highest BCUT2D eigenvalue weighted by atomic mass is 35.5. The second kappa shape index (κ2) is 13.2. The molecule has 7 nitrogen and oxygen atoms in total. The number of benzene rings is 3. The van der Waals surface area contributed by atoms with Gasteiger partial charge >= 0.3 is 6.18 Å². The van der Waals surface area contributed by atoms with Crippen molar-refractivity contribution in [2.24, 2.45) is 0 Å². The van der Waals surface area contributed by atoms with Crippen LogP contribution < -0.4 is 9.62 Å². The third-order valence-corrected chi connectivity index (χ3v) is 9.25. The summed E-state index contributed by atoms with van der Waals surface area (Å²) in [5.74, 6) is -1.17. The van der Waals surface area contributed by atoms with Crippen molar-refractivity contribution < 1.29 is 31.2 Å². The Morgan fingerprint density at radius 3 is 2.24 bits per heavy atom. The molecule has 0 aromatic heterocycles. The molecule has 3 aromatic carbocycles. The van der Waals surface area contributed by atoms with E-state index in [2.05, 4.69) is 5.32 Å². The zero-order chi connectivity index (χ0) is 30.5. The van der Waals surface area contributed by atoms with Gasteiger partial charge in [0.1, 0.15) is 12.6 Å². The van der Waals surface area contributed by atoms with Crippen LogP contribution in [0.25, 0.3) is 0 Å². The van der Waals surface area contributed by atoms with Gasteiger partial charge in [0.15, 0.2) is 0 Å². The van der Waals surface area contributed by atoms with Crippen LogP contribution in [0.5, 0.6) is 0 Å². The highest BCUT2D eigenvalue weighted by Gasteiger charge is 2.35. The number of carbonyl (C=O) groups excluding carboxylic acids is 2. The standard InChI is InChI=1S/C30H31ClF3N3O4S/c1-21(29(39)35-25-9-5-6-10-25)36(19-22-14-16-24(31)17-15-22)28(38)20-37(42(40,41)27-12-3-2-4-13-27)26-11-7-8-23(18-26)30(32,33)34/h2-4,7-8,11-18,21,25H,5-6,9-10,19-20H2,1H3,(H,35,39). The number of halogens is 4. The molecule has 0 saturated heterocycles. The number of anilines is 1. The number of rotatable bonds is 10. The lowest BCUT2D eigenvalue weighted by molar-refractivity contribution is -0.139. The summed E-state index contributed by atoms with van der Waals surface area (Å²) in [7, 11) is -4.49. The first kappa shape index (κ1) is 31.4. The first-order valence-electron chi connectivity index (χ1n) is 13.5. The lowest BCUT2D eigenvalue weighted by Crippen LogP contribution is -2.52. The van der Waals surface area contributed by atoms with Crippen LogP contribution in [0.2, 0.25) is 5.02 Å². The highest BCUT2D eigenvalue weighted by Crippen LogP contribution is 2.33. The molecule has 1 N–H and O–H groups in total. The van der Waals surface area contributed by atoms with Crippen LogP contribution in [-0.2, 0) is 32.3 Å². The molecular formula is C30H31ClF3N3O4S. The molecule has 3 aromatic rings. The summed E-state index contributed by atoms with van der Waals surface area (Å²) in [5, 5.41) is 3.43. The number of amides is 2. The van der Waals surface area contributed by atoms with E-state index in [0.717, 1.165) is 37.8 Å². The Morgan fingerprint density at radius 2 is 1.62 bits per heavy atom. The highest BCUT2D eigenvalue weighted by molar-refractivity contribution is 7.92. The molecule has 1 aliphatic carbocycles. The average Bonchev–Trinajstić information content (AvgIpc) is 3.48. The molecule has 12 heteroatoms. The number of nitrogens with zero attached hydrogens (tertiary/aromatic N) is 2. The van der Waals surface area contributed by atoms with Gasteiger partial charge in [-0.05, 0) is 67.8 Å². The Balaban J connectivity index is 1.72. The Hall–Kier alpha value is -3.57. The summed E-state index contributed by atoms with van der Waals surface area (Å²) in [5.41, 5.74) is -0.774. The fourth-order valence-corrected chi connectivity index (χ4v) is 6.40. The van der Waals surface area contributed by atoms with Gasteiger partial charge in [0.2, 0.25) is 11.8 Å². The Morgan fingerprint density at radius 1 is 0.976 bits per heavy atom. The van der Waals surface area contributed by atoms with Crippen molar-refractivity contribution in [2.45, 2.75) is 62.3 Å². The van der Waals surface area contributed by atoms with Crippen molar-refractivity contribution in [3.05, 3.63) is 95.0 Å². The summed E-state index contributed by atoms with van der Waals surface area (Å²) in [4.78, 5) is 28.2. The van der Waals surface area contributed by atoms with Crippen molar-refractivity contribution in [3.8, 4) is 0 Å². The van der Waals surface area contributed by atoms with Gasteiger partial charge in [-0.25, -0.2) is 8.42 Å². The first-order chi connectivity index (χ1) is 19.9. The topological polar surface area (TPSA) is 86.8 Å². The van der Waals surface area contributed by atoms with E-state index in [-0.39, 0.29) is 23.2 Å². The van der Waals surface area contributed by atoms with E-state index in [4.69, 9.17) is 11.6 Å². The zero-order valence-electron chi connectivity index (χ0n) is 22.9. The summed E-state index contributed by atoms with van der Waals surface area (Å²) in [6.45, 7) is 0.642. The molecule has 1 fully saturated rings. The molecule has 4 rings (SSSR count). The van der Waals surface area contributed by atoms with Crippen molar-refractivity contribution in [1.29, 1.82) is 0 Å². The van der Waals surface area contributed by atoms with E-state index in [1.807, 2.05) is 0 Å². The molecule has 1 atom stereocenters. The van der Waals surface area contributed by atoms with E-state index in [9.17, 15) is 31.2 Å². The zero-order valence-corrected chi connectivity index (χ0v) is 24.4. The van der Waals surface area contributed by atoms with Crippen molar-refractivity contribution in [1.82, 2.24) is 10.2 Å². The second-order valence-corrected chi connectivity index (χ2v) is 12.5. The second-order valence-electron chi connectivity index (χ2n) is 10.2. The van der Waals surface area contributed by atoms with E-state index in [0.29, 0.717) is 21.0 Å². The normalized spacial score (nSPS) is 14.8. The molecule has 1 unspecified atom stereocenters. The van der Waals surface area contributed by atoms with Gasteiger partial charge in [0.05, 0.1) is 16.1 Å². The Labute approximate surface area is 248 Å². The minimum Gasteiger partial charge on any atom is -0.352 e. The smallest absolute Gasteiger partial charge is 0.352 e. The van der Waals surface area contributed by atoms with Crippen LogP contribution >= 0.6 is 11.6 Å². The van der Waals surface area contributed by atoms with Crippen molar-refractivity contribution in [3.63, 3.8) is 0 Å². The quantitative estimate of drug-likeness (QED) is 0.300. The van der Waals surface area contributed by atoms with Crippen LogP contribution in [0, 0.1) is 0 Å². The summed E-state index contributed by atoms with van der Waals surface area (Å²) in [6.07, 6.45) is -1.13. The fourth-order valence-electron chi connectivity index (χ4n) is 4.85. The van der Waals surface area contributed by atoms with Gasteiger partial charge in [-0.2, -0.15) is 13.2 Å². The Kier molecular flexibility index (Phi) is 9.83. The molecule has 1 aliphatic rings. The van der Waals surface area contributed by atoms with Gasteiger partial charge in [0, 0.05) is 17.6 Å². The Bertz CT molecular complexity index is 1500. The maximum Gasteiger partial charge on any atom is 0.416 e. The van der Waals surface area contributed by atoms with Crippen LogP contribution in [0.15, 0.2) is 83.8 Å². The molecule has 0 radical (unpaired) electrons. The largest absolute Gasteiger partial charge is 0.416 e. The SMILES string of the molecule is CC(C(=O)NC1CCCC1)N(Cc1ccc(Cl)cc1)C(=O)CN(c1cccc(C(F)(F)F)c1)S(=O)(=O)c1ccccc1. The molecule has 2 amide bonds. The number of hydrogen-bond acceptors (Lipinski definition) is 4. The van der Waals surface area contributed by atoms with E-state index in [1.165, 1.54) is 35.2 Å². The van der Waals surface area contributed by atoms with Gasteiger partial charge in [-0.15, -0.1) is 0 Å². The number of nitrogens with one attached hydrogen (secondary N) is 1. The maximum atomic E-state index is 13.9. The molecule has 0 bridgehead atoms. The number of sulfonamides is 1. The summed E-state index contributed by atoms with van der Waals surface area (Å²) < 4.78 is 68.9. The average molecular weight is 622 g/mol. The fraction of sp³-hybridized carbons (Fsp3) is 0.333. The monoisotopic (exact) mass is 621 g/mol.